The van der Waals surface area contributed by atoms with Crippen LogP contribution in [0.15, 0.2) is 60.7 Å². The number of rotatable bonds is 3. The Morgan fingerprint density at radius 1 is 0.950 bits per heavy atom. The highest BCUT2D eigenvalue weighted by Gasteiger charge is 2.11. The van der Waals surface area contributed by atoms with Gasteiger partial charge in [0.15, 0.2) is 0 Å². The quantitative estimate of drug-likeness (QED) is 0.667. The molecule has 0 fully saturated rings. The van der Waals surface area contributed by atoms with Crippen LogP contribution in [-0.2, 0) is 6.42 Å². The average molecular weight is 265 g/mol. The highest BCUT2D eigenvalue weighted by Crippen LogP contribution is 2.23. The Morgan fingerprint density at radius 3 is 2.55 bits per heavy atom. The lowest BCUT2D eigenvalue weighted by atomic mass is 9.95. The van der Waals surface area contributed by atoms with Gasteiger partial charge < -0.3 is 0 Å². The van der Waals surface area contributed by atoms with E-state index in [1.807, 2.05) is 49.4 Å². The number of benzene rings is 2. The van der Waals surface area contributed by atoms with E-state index in [0.717, 1.165) is 28.6 Å². The fraction of sp³-hybridized carbons (Fsp3) is 0.167. The summed E-state index contributed by atoms with van der Waals surface area (Å²) < 4.78 is 13.8. The monoisotopic (exact) mass is 265 g/mol. The highest BCUT2D eigenvalue weighted by molar-refractivity contribution is 5.78. The van der Waals surface area contributed by atoms with Crippen LogP contribution >= 0.6 is 0 Å². The molecule has 0 aliphatic heterocycles. The zero-order valence-electron chi connectivity index (χ0n) is 11.4. The molecule has 0 unspecified atom stereocenters. The predicted molar refractivity (Wildman–Crippen MR) is 80.3 cm³/mol. The van der Waals surface area contributed by atoms with E-state index < -0.39 is 0 Å². The van der Waals surface area contributed by atoms with Crippen LogP contribution in [0, 0.1) is 5.82 Å². The summed E-state index contributed by atoms with van der Waals surface area (Å²) in [7, 11) is 0. The van der Waals surface area contributed by atoms with Gasteiger partial charge in [-0.2, -0.15) is 0 Å². The van der Waals surface area contributed by atoms with Gasteiger partial charge in [-0.25, -0.2) is 4.39 Å². The van der Waals surface area contributed by atoms with E-state index in [-0.39, 0.29) is 11.7 Å². The summed E-state index contributed by atoms with van der Waals surface area (Å²) >= 11 is 0. The Hall–Kier alpha value is -2.22. The molecule has 0 aliphatic carbocycles. The van der Waals surface area contributed by atoms with Crippen LogP contribution in [-0.4, -0.2) is 4.98 Å². The maximum Gasteiger partial charge on any atom is 0.126 e. The van der Waals surface area contributed by atoms with E-state index in [0.29, 0.717) is 0 Å². The molecule has 3 aromatic rings. The number of hydrogen-bond donors (Lipinski definition) is 0. The summed E-state index contributed by atoms with van der Waals surface area (Å²) in [5.41, 5.74) is 2.74. The zero-order valence-corrected chi connectivity index (χ0v) is 11.4. The molecule has 2 heteroatoms. The molecule has 3 rings (SSSR count). The van der Waals surface area contributed by atoms with Crippen LogP contribution in [0.3, 0.4) is 0 Å². The molecule has 20 heavy (non-hydrogen) atoms. The molecule has 1 nitrogen and oxygen atoms in total. The van der Waals surface area contributed by atoms with Gasteiger partial charge in [-0.1, -0.05) is 49.4 Å². The smallest absolute Gasteiger partial charge is 0.126 e. The maximum atomic E-state index is 13.8. The first-order valence-corrected chi connectivity index (χ1v) is 6.83. The van der Waals surface area contributed by atoms with E-state index in [1.54, 1.807) is 6.07 Å². The Morgan fingerprint density at radius 2 is 1.70 bits per heavy atom. The van der Waals surface area contributed by atoms with Crippen molar-refractivity contribution >= 4 is 10.9 Å². The number of pyridine rings is 1. The summed E-state index contributed by atoms with van der Waals surface area (Å²) in [4.78, 5) is 4.65. The zero-order chi connectivity index (χ0) is 13.9. The molecule has 0 aliphatic rings. The largest absolute Gasteiger partial charge is 0.253 e. The molecular weight excluding hydrogens is 249 g/mol. The van der Waals surface area contributed by atoms with Crippen LogP contribution in [0.2, 0.25) is 0 Å². The molecule has 100 valence electrons. The van der Waals surface area contributed by atoms with Crippen molar-refractivity contribution in [3.05, 3.63) is 77.7 Å². The molecule has 2 aromatic carbocycles. The Balaban J connectivity index is 1.87. The topological polar surface area (TPSA) is 12.9 Å². The number of aromatic nitrogens is 1. The number of para-hydroxylation sites is 1. The molecule has 0 N–H and O–H groups in total. The first-order valence-electron chi connectivity index (χ1n) is 6.83. The third kappa shape index (κ3) is 2.55. The fourth-order valence-electron chi connectivity index (χ4n) is 2.52. The summed E-state index contributed by atoms with van der Waals surface area (Å²) in [6.45, 7) is 2.04. The molecule has 0 bridgehead atoms. The highest BCUT2D eigenvalue weighted by atomic mass is 19.1. The Bertz CT molecular complexity index is 736. The van der Waals surface area contributed by atoms with Crippen LogP contribution in [0.1, 0.15) is 24.1 Å². The number of hydrogen-bond acceptors (Lipinski definition) is 1. The minimum absolute atomic E-state index is 0.116. The lowest BCUT2D eigenvalue weighted by molar-refractivity contribution is 0.586. The van der Waals surface area contributed by atoms with Crippen LogP contribution in [0.4, 0.5) is 4.39 Å². The standard InChI is InChI=1S/C18H16FN/c1-13(16-7-3-4-8-17(16)19)12-15-11-10-14-6-2-5-9-18(14)20-15/h2-11,13H,12H2,1H3/t13-/m1/s1. The van der Waals surface area contributed by atoms with E-state index in [1.165, 1.54) is 6.07 Å². The maximum absolute atomic E-state index is 13.8. The van der Waals surface area contributed by atoms with Crippen molar-refractivity contribution in [3.63, 3.8) is 0 Å². The molecule has 0 radical (unpaired) electrons. The molecule has 0 amide bonds. The number of nitrogens with zero attached hydrogens (tertiary/aromatic N) is 1. The summed E-state index contributed by atoms with van der Waals surface area (Å²) in [6, 6.07) is 19.1. The Labute approximate surface area is 118 Å². The summed E-state index contributed by atoms with van der Waals surface area (Å²) in [5.74, 6) is -0.0225. The van der Waals surface area contributed by atoms with E-state index in [2.05, 4.69) is 11.1 Å². The summed E-state index contributed by atoms with van der Waals surface area (Å²) in [5, 5.41) is 1.13. The normalized spacial score (nSPS) is 12.5. The third-order valence-corrected chi connectivity index (χ3v) is 3.61. The minimum atomic E-state index is -0.138. The number of fused-ring (bicyclic) bond motifs is 1. The second kappa shape index (κ2) is 5.41. The van der Waals surface area contributed by atoms with Gasteiger partial charge in [0.2, 0.25) is 0 Å². The van der Waals surface area contributed by atoms with Crippen LogP contribution in [0.5, 0.6) is 0 Å². The van der Waals surface area contributed by atoms with Gasteiger partial charge in [-0.3, -0.25) is 4.98 Å². The first kappa shape index (κ1) is 12.8. The van der Waals surface area contributed by atoms with Gasteiger partial charge in [-0.15, -0.1) is 0 Å². The van der Waals surface area contributed by atoms with Crippen molar-refractivity contribution < 1.29 is 4.39 Å². The Kier molecular flexibility index (Phi) is 3.46. The van der Waals surface area contributed by atoms with Gasteiger partial charge in [0.05, 0.1) is 5.52 Å². The molecule has 1 aromatic heterocycles. The average Bonchev–Trinajstić information content (AvgIpc) is 2.47. The lowest BCUT2D eigenvalue weighted by Crippen LogP contribution is -2.02. The molecular formula is C18H16FN. The fourth-order valence-corrected chi connectivity index (χ4v) is 2.52. The lowest BCUT2D eigenvalue weighted by Gasteiger charge is -2.12. The van der Waals surface area contributed by atoms with E-state index >= 15 is 0 Å². The second-order valence-corrected chi connectivity index (χ2v) is 5.12. The van der Waals surface area contributed by atoms with Crippen molar-refractivity contribution in [3.8, 4) is 0 Å². The van der Waals surface area contributed by atoms with Gasteiger partial charge in [-0.05, 0) is 36.1 Å². The second-order valence-electron chi connectivity index (χ2n) is 5.12. The van der Waals surface area contributed by atoms with Gasteiger partial charge in [0.25, 0.3) is 0 Å². The summed E-state index contributed by atoms with van der Waals surface area (Å²) in [6.07, 6.45) is 0.742. The van der Waals surface area contributed by atoms with Crippen molar-refractivity contribution in [2.24, 2.45) is 0 Å². The van der Waals surface area contributed by atoms with Crippen molar-refractivity contribution in [1.29, 1.82) is 0 Å². The van der Waals surface area contributed by atoms with Gasteiger partial charge in [0, 0.05) is 11.1 Å². The first-order chi connectivity index (χ1) is 9.74. The minimum Gasteiger partial charge on any atom is -0.253 e. The van der Waals surface area contributed by atoms with Crippen molar-refractivity contribution in [2.75, 3.05) is 0 Å². The predicted octanol–water partition coefficient (Wildman–Crippen LogP) is 4.72. The van der Waals surface area contributed by atoms with E-state index in [9.17, 15) is 4.39 Å². The molecule has 1 atom stereocenters. The van der Waals surface area contributed by atoms with Gasteiger partial charge in [0.1, 0.15) is 5.82 Å². The van der Waals surface area contributed by atoms with Gasteiger partial charge >= 0.3 is 0 Å². The van der Waals surface area contributed by atoms with Crippen LogP contribution in [0.25, 0.3) is 10.9 Å². The molecule has 0 saturated carbocycles. The molecule has 0 spiro atoms. The van der Waals surface area contributed by atoms with E-state index in [4.69, 9.17) is 0 Å². The van der Waals surface area contributed by atoms with Crippen LogP contribution < -0.4 is 0 Å². The molecule has 1 heterocycles. The molecule has 0 saturated heterocycles. The third-order valence-electron chi connectivity index (χ3n) is 3.61. The number of halogens is 1. The van der Waals surface area contributed by atoms with Crippen molar-refractivity contribution in [1.82, 2.24) is 4.98 Å². The van der Waals surface area contributed by atoms with Crippen molar-refractivity contribution in [2.45, 2.75) is 19.3 Å². The SMILES string of the molecule is C[C@H](Cc1ccc2ccccc2n1)c1ccccc1F.